The lowest BCUT2D eigenvalue weighted by atomic mass is 10.4. The Hall–Kier alpha value is 0.0700. The molecule has 0 fully saturated rings. The fraction of sp³-hybridized carbons (Fsp3) is 1.00. The summed E-state index contributed by atoms with van der Waals surface area (Å²) in [5, 5.41) is 11.1. The summed E-state index contributed by atoms with van der Waals surface area (Å²) in [6.45, 7) is 1.56. The minimum absolute atomic E-state index is 0.114. The van der Waals surface area contributed by atoms with Gasteiger partial charge in [0.1, 0.15) is 0 Å². The van der Waals surface area contributed by atoms with Gasteiger partial charge < -0.3 is 14.2 Å². The average molecular weight is 183 g/mol. The quantitative estimate of drug-likeness (QED) is 0.602. The summed E-state index contributed by atoms with van der Waals surface area (Å²) in [6, 6.07) is -0.305. The molecule has 0 bridgehead atoms. The fourth-order valence-corrected chi connectivity index (χ4v) is 1.47. The van der Waals surface area contributed by atoms with Gasteiger partial charge in [0.05, 0.1) is 6.61 Å². The Labute approximate surface area is 66.3 Å². The first-order chi connectivity index (χ1) is 5.08. The van der Waals surface area contributed by atoms with Gasteiger partial charge >= 0.3 is 7.75 Å². The molecule has 0 aliphatic rings. The van der Waals surface area contributed by atoms with Gasteiger partial charge in [-0.15, -0.1) is 0 Å². The molecule has 0 spiro atoms. The molecule has 0 aromatic carbocycles. The summed E-state index contributed by atoms with van der Waals surface area (Å²) < 4.78 is 20.4. The van der Waals surface area contributed by atoms with Crippen molar-refractivity contribution in [3.05, 3.63) is 0 Å². The van der Waals surface area contributed by atoms with Gasteiger partial charge in [0, 0.05) is 20.3 Å². The number of aliphatic hydroxyl groups excluding tert-OH is 1. The van der Waals surface area contributed by atoms with Gasteiger partial charge in [0.25, 0.3) is 0 Å². The zero-order valence-electron chi connectivity index (χ0n) is 6.90. The molecule has 6 heteroatoms. The molecule has 0 rings (SSSR count). The van der Waals surface area contributed by atoms with E-state index >= 15 is 0 Å². The SMILES string of the molecule is COP(=O)(N[C@@H](C)CO)OC. The molecule has 68 valence electrons. The molecule has 2 N–H and O–H groups in total. The zero-order chi connectivity index (χ0) is 8.91. The van der Waals surface area contributed by atoms with Gasteiger partial charge in [-0.2, -0.15) is 0 Å². The lowest BCUT2D eigenvalue weighted by molar-refractivity contribution is 0.230. The molecule has 0 heterocycles. The highest BCUT2D eigenvalue weighted by atomic mass is 31.2. The van der Waals surface area contributed by atoms with Crippen LogP contribution < -0.4 is 5.09 Å². The summed E-state index contributed by atoms with van der Waals surface area (Å²) in [5.74, 6) is 0. The fourth-order valence-electron chi connectivity index (χ4n) is 0.491. The second-order valence-corrected chi connectivity index (χ2v) is 4.06. The molecule has 0 unspecified atom stereocenters. The van der Waals surface area contributed by atoms with Gasteiger partial charge in [0.2, 0.25) is 0 Å². The third kappa shape index (κ3) is 3.84. The van der Waals surface area contributed by atoms with E-state index in [-0.39, 0.29) is 12.6 Å². The molecular formula is C5H14NO4P. The van der Waals surface area contributed by atoms with Crippen LogP contribution in [0.5, 0.6) is 0 Å². The molecule has 0 aliphatic heterocycles. The van der Waals surface area contributed by atoms with Crippen LogP contribution in [0.15, 0.2) is 0 Å². The minimum Gasteiger partial charge on any atom is -0.395 e. The van der Waals surface area contributed by atoms with Gasteiger partial charge in [-0.25, -0.2) is 9.65 Å². The number of hydrogen-bond acceptors (Lipinski definition) is 4. The summed E-state index contributed by atoms with van der Waals surface area (Å²) in [5.41, 5.74) is 0. The Bertz CT molecular complexity index is 143. The average Bonchev–Trinajstić information content (AvgIpc) is 2.04. The van der Waals surface area contributed by atoms with Crippen molar-refractivity contribution in [3.63, 3.8) is 0 Å². The number of rotatable bonds is 5. The highest BCUT2D eigenvalue weighted by molar-refractivity contribution is 7.51. The van der Waals surface area contributed by atoms with Crippen molar-refractivity contribution in [2.75, 3.05) is 20.8 Å². The Morgan fingerprint density at radius 1 is 1.55 bits per heavy atom. The van der Waals surface area contributed by atoms with Crippen LogP contribution in [0.2, 0.25) is 0 Å². The smallest absolute Gasteiger partial charge is 0.395 e. The first-order valence-electron chi connectivity index (χ1n) is 3.18. The summed E-state index contributed by atoms with van der Waals surface area (Å²) in [4.78, 5) is 0. The van der Waals surface area contributed by atoms with Crippen LogP contribution in [-0.4, -0.2) is 32.0 Å². The second kappa shape index (κ2) is 4.85. The summed E-state index contributed by atoms with van der Waals surface area (Å²) in [6.07, 6.45) is 0. The van der Waals surface area contributed by atoms with Crippen molar-refractivity contribution in [1.82, 2.24) is 5.09 Å². The maximum Gasteiger partial charge on any atom is 0.405 e. The van der Waals surface area contributed by atoms with Crippen molar-refractivity contribution in [2.45, 2.75) is 13.0 Å². The molecule has 5 nitrogen and oxygen atoms in total. The van der Waals surface area contributed by atoms with E-state index in [9.17, 15) is 4.57 Å². The van der Waals surface area contributed by atoms with E-state index in [2.05, 4.69) is 14.1 Å². The maximum atomic E-state index is 11.3. The van der Waals surface area contributed by atoms with Crippen molar-refractivity contribution >= 4 is 7.75 Å². The first-order valence-corrected chi connectivity index (χ1v) is 4.72. The van der Waals surface area contributed by atoms with Gasteiger partial charge in [0.15, 0.2) is 0 Å². The lowest BCUT2D eigenvalue weighted by Crippen LogP contribution is -2.27. The molecule has 0 radical (unpaired) electrons. The number of nitrogens with one attached hydrogen (secondary N) is 1. The summed E-state index contributed by atoms with van der Waals surface area (Å²) >= 11 is 0. The molecule has 0 aromatic heterocycles. The van der Waals surface area contributed by atoms with Crippen LogP contribution in [0.25, 0.3) is 0 Å². The molecule has 0 saturated heterocycles. The molecular weight excluding hydrogens is 169 g/mol. The molecule has 0 aromatic rings. The van der Waals surface area contributed by atoms with Gasteiger partial charge in [-0.05, 0) is 6.92 Å². The standard InChI is InChI=1S/C5H14NO4P/c1-5(4-7)6-11(8,9-2)10-3/h5,7H,4H2,1-3H3,(H,6,8)/t5-/m0/s1. The van der Waals surface area contributed by atoms with E-state index in [1.165, 1.54) is 14.2 Å². The number of hydrogen-bond donors (Lipinski definition) is 2. The van der Waals surface area contributed by atoms with Crippen molar-refractivity contribution < 1.29 is 18.7 Å². The van der Waals surface area contributed by atoms with E-state index in [0.717, 1.165) is 0 Å². The highest BCUT2D eigenvalue weighted by Crippen LogP contribution is 2.41. The number of aliphatic hydroxyl groups is 1. The lowest BCUT2D eigenvalue weighted by Gasteiger charge is -2.17. The zero-order valence-corrected chi connectivity index (χ0v) is 7.80. The van der Waals surface area contributed by atoms with Crippen molar-refractivity contribution in [1.29, 1.82) is 0 Å². The van der Waals surface area contributed by atoms with Crippen LogP contribution in [0.4, 0.5) is 0 Å². The van der Waals surface area contributed by atoms with Crippen LogP contribution in [-0.2, 0) is 13.6 Å². The molecule has 0 amide bonds. The Morgan fingerprint density at radius 2 is 2.00 bits per heavy atom. The molecule has 0 saturated carbocycles. The second-order valence-electron chi connectivity index (χ2n) is 2.08. The van der Waals surface area contributed by atoms with E-state index in [0.29, 0.717) is 0 Å². The van der Waals surface area contributed by atoms with Gasteiger partial charge in [-0.3, -0.25) is 0 Å². The van der Waals surface area contributed by atoms with Gasteiger partial charge in [-0.1, -0.05) is 0 Å². The maximum absolute atomic E-state index is 11.3. The predicted octanol–water partition coefficient (Wildman–Crippen LogP) is 0.358. The minimum atomic E-state index is -3.16. The van der Waals surface area contributed by atoms with Crippen molar-refractivity contribution in [3.8, 4) is 0 Å². The third-order valence-electron chi connectivity index (χ3n) is 1.13. The Kier molecular flexibility index (Phi) is 4.88. The first kappa shape index (κ1) is 11.1. The highest BCUT2D eigenvalue weighted by Gasteiger charge is 2.22. The van der Waals surface area contributed by atoms with E-state index in [1.807, 2.05) is 0 Å². The largest absolute Gasteiger partial charge is 0.405 e. The van der Waals surface area contributed by atoms with Crippen LogP contribution in [0.3, 0.4) is 0 Å². The van der Waals surface area contributed by atoms with Crippen LogP contribution in [0, 0.1) is 0 Å². The van der Waals surface area contributed by atoms with Crippen LogP contribution >= 0.6 is 7.75 Å². The predicted molar refractivity (Wildman–Crippen MR) is 41.3 cm³/mol. The normalized spacial score (nSPS) is 14.9. The van der Waals surface area contributed by atoms with E-state index < -0.39 is 7.75 Å². The van der Waals surface area contributed by atoms with Crippen molar-refractivity contribution in [2.24, 2.45) is 0 Å². The molecule has 1 atom stereocenters. The van der Waals surface area contributed by atoms with E-state index in [4.69, 9.17) is 5.11 Å². The topological polar surface area (TPSA) is 67.8 Å². The Balaban J connectivity index is 3.97. The third-order valence-corrected chi connectivity index (χ3v) is 2.85. The van der Waals surface area contributed by atoms with Crippen LogP contribution in [0.1, 0.15) is 6.92 Å². The Morgan fingerprint density at radius 3 is 2.27 bits per heavy atom. The molecule has 11 heavy (non-hydrogen) atoms. The monoisotopic (exact) mass is 183 g/mol. The molecule has 0 aliphatic carbocycles. The van der Waals surface area contributed by atoms with E-state index in [1.54, 1.807) is 6.92 Å². The summed E-state index contributed by atoms with van der Waals surface area (Å²) in [7, 11) is -0.606.